The number of aryl methyl sites for hydroxylation is 1. The lowest BCUT2D eigenvalue weighted by Gasteiger charge is -2.30. The summed E-state index contributed by atoms with van der Waals surface area (Å²) in [4.78, 5) is 12.4. The molecule has 0 saturated heterocycles. The molecule has 3 rings (SSSR count). The Morgan fingerprint density at radius 3 is 2.75 bits per heavy atom. The van der Waals surface area contributed by atoms with Crippen LogP contribution < -0.4 is 0 Å². The second-order valence-electron chi connectivity index (χ2n) is 5.78. The summed E-state index contributed by atoms with van der Waals surface area (Å²) < 4.78 is 1.79. The summed E-state index contributed by atoms with van der Waals surface area (Å²) >= 11 is 0. The first kappa shape index (κ1) is 13.3. The molecule has 1 aliphatic rings. The third-order valence-electron chi connectivity index (χ3n) is 4.36. The molecule has 0 unspecified atom stereocenters. The third kappa shape index (κ3) is 2.24. The van der Waals surface area contributed by atoms with Gasteiger partial charge in [-0.05, 0) is 18.9 Å². The molecule has 0 amide bonds. The zero-order valence-electron chi connectivity index (χ0n) is 11.8. The Labute approximate surface area is 118 Å². The highest BCUT2D eigenvalue weighted by Crippen LogP contribution is 2.30. The van der Waals surface area contributed by atoms with Gasteiger partial charge in [0.2, 0.25) is 0 Å². The summed E-state index contributed by atoms with van der Waals surface area (Å²) in [6.45, 7) is 0. The first-order chi connectivity index (χ1) is 9.60. The molecule has 106 valence electrons. The van der Waals surface area contributed by atoms with Crippen LogP contribution in [0.2, 0.25) is 0 Å². The number of fused-ring (bicyclic) bond motifs is 1. The Balaban J connectivity index is 1.88. The van der Waals surface area contributed by atoms with Gasteiger partial charge in [0.15, 0.2) is 5.78 Å². The standard InChI is InChI=1S/C16H20N2O2/c1-18-14-8-4-3-7-12(14)13(17-18)11-15(19)16(20)9-5-2-6-10-16/h3-4,7-8,20H,2,5-6,9-11H2,1H3. The third-order valence-corrected chi connectivity index (χ3v) is 4.36. The van der Waals surface area contributed by atoms with Crippen LogP contribution in [-0.4, -0.2) is 26.3 Å². The highest BCUT2D eigenvalue weighted by atomic mass is 16.3. The summed E-state index contributed by atoms with van der Waals surface area (Å²) in [6, 6.07) is 7.89. The molecule has 1 aromatic carbocycles. The van der Waals surface area contributed by atoms with E-state index in [0.29, 0.717) is 12.8 Å². The predicted molar refractivity (Wildman–Crippen MR) is 77.5 cm³/mol. The fraction of sp³-hybridized carbons (Fsp3) is 0.500. The normalized spacial score (nSPS) is 18.3. The van der Waals surface area contributed by atoms with Gasteiger partial charge in [0.05, 0.1) is 17.6 Å². The van der Waals surface area contributed by atoms with E-state index < -0.39 is 5.60 Å². The van der Waals surface area contributed by atoms with E-state index in [9.17, 15) is 9.90 Å². The van der Waals surface area contributed by atoms with E-state index >= 15 is 0 Å². The van der Waals surface area contributed by atoms with Crippen LogP contribution in [-0.2, 0) is 18.3 Å². The molecule has 1 fully saturated rings. The van der Waals surface area contributed by atoms with E-state index in [4.69, 9.17) is 0 Å². The van der Waals surface area contributed by atoms with E-state index in [2.05, 4.69) is 5.10 Å². The number of hydrogen-bond donors (Lipinski definition) is 1. The van der Waals surface area contributed by atoms with Crippen molar-refractivity contribution in [2.24, 2.45) is 7.05 Å². The maximum absolute atomic E-state index is 12.4. The van der Waals surface area contributed by atoms with Crippen molar-refractivity contribution in [3.8, 4) is 0 Å². The SMILES string of the molecule is Cn1nc(CC(=O)C2(O)CCCCC2)c2ccccc21. The molecular weight excluding hydrogens is 252 g/mol. The molecule has 2 aromatic rings. The molecule has 0 spiro atoms. The van der Waals surface area contributed by atoms with Crippen LogP contribution in [0.15, 0.2) is 24.3 Å². The first-order valence-corrected chi connectivity index (χ1v) is 7.26. The number of para-hydroxylation sites is 1. The zero-order valence-corrected chi connectivity index (χ0v) is 11.8. The highest BCUT2D eigenvalue weighted by molar-refractivity contribution is 5.92. The zero-order chi connectivity index (χ0) is 14.2. The number of aromatic nitrogens is 2. The quantitative estimate of drug-likeness (QED) is 0.933. The summed E-state index contributed by atoms with van der Waals surface area (Å²) in [5.41, 5.74) is 0.662. The van der Waals surface area contributed by atoms with E-state index in [1.807, 2.05) is 31.3 Å². The monoisotopic (exact) mass is 272 g/mol. The maximum Gasteiger partial charge on any atom is 0.170 e. The molecule has 4 heteroatoms. The number of rotatable bonds is 3. The summed E-state index contributed by atoms with van der Waals surface area (Å²) in [7, 11) is 1.88. The smallest absolute Gasteiger partial charge is 0.170 e. The Morgan fingerprint density at radius 1 is 1.30 bits per heavy atom. The molecule has 4 nitrogen and oxygen atoms in total. The minimum atomic E-state index is -1.13. The van der Waals surface area contributed by atoms with Gasteiger partial charge in [-0.15, -0.1) is 0 Å². The van der Waals surface area contributed by atoms with Crippen molar-refractivity contribution in [1.82, 2.24) is 9.78 Å². The molecule has 1 N–H and O–H groups in total. The van der Waals surface area contributed by atoms with Crippen LogP contribution in [0.25, 0.3) is 10.9 Å². The van der Waals surface area contributed by atoms with Gasteiger partial charge in [0.25, 0.3) is 0 Å². The van der Waals surface area contributed by atoms with Crippen LogP contribution in [0, 0.1) is 0 Å². The number of ketones is 1. The van der Waals surface area contributed by atoms with Gasteiger partial charge in [-0.1, -0.05) is 37.5 Å². The van der Waals surface area contributed by atoms with Crippen LogP contribution >= 0.6 is 0 Å². The lowest BCUT2D eigenvalue weighted by molar-refractivity contribution is -0.139. The minimum Gasteiger partial charge on any atom is -0.382 e. The average molecular weight is 272 g/mol. The van der Waals surface area contributed by atoms with Crippen LogP contribution in [0.1, 0.15) is 37.8 Å². The summed E-state index contributed by atoms with van der Waals surface area (Å²) in [5.74, 6) is -0.0824. The molecule has 0 atom stereocenters. The van der Waals surface area contributed by atoms with Crippen LogP contribution in [0.3, 0.4) is 0 Å². The van der Waals surface area contributed by atoms with Gasteiger partial charge >= 0.3 is 0 Å². The second kappa shape index (κ2) is 5.02. The van der Waals surface area contributed by atoms with Crippen molar-refractivity contribution in [2.45, 2.75) is 44.1 Å². The number of hydrogen-bond acceptors (Lipinski definition) is 3. The van der Waals surface area contributed by atoms with Gasteiger partial charge < -0.3 is 5.11 Å². The molecule has 0 bridgehead atoms. The summed E-state index contributed by atoms with van der Waals surface area (Å²) in [6.07, 6.45) is 4.39. The van der Waals surface area contributed by atoms with Gasteiger partial charge in [0, 0.05) is 12.4 Å². The Hall–Kier alpha value is -1.68. The fourth-order valence-corrected chi connectivity index (χ4v) is 3.15. The number of Topliss-reactive ketones (excluding diaryl/α,β-unsaturated/α-hetero) is 1. The van der Waals surface area contributed by atoms with Crippen molar-refractivity contribution in [3.63, 3.8) is 0 Å². The molecule has 0 radical (unpaired) electrons. The lowest BCUT2D eigenvalue weighted by atomic mass is 9.80. The van der Waals surface area contributed by atoms with E-state index in [1.54, 1.807) is 4.68 Å². The number of nitrogens with zero attached hydrogens (tertiary/aromatic N) is 2. The molecule has 0 aliphatic heterocycles. The van der Waals surface area contributed by atoms with Crippen molar-refractivity contribution >= 4 is 16.7 Å². The molecular formula is C16H20N2O2. The second-order valence-corrected chi connectivity index (χ2v) is 5.78. The van der Waals surface area contributed by atoms with Gasteiger partial charge in [0.1, 0.15) is 5.60 Å². The Morgan fingerprint density at radius 2 is 2.00 bits per heavy atom. The summed E-state index contributed by atoms with van der Waals surface area (Å²) in [5, 5.41) is 15.9. The molecule has 20 heavy (non-hydrogen) atoms. The van der Waals surface area contributed by atoms with Gasteiger partial charge in [-0.25, -0.2) is 0 Å². The van der Waals surface area contributed by atoms with Gasteiger partial charge in [-0.2, -0.15) is 5.10 Å². The minimum absolute atomic E-state index is 0.0824. The molecule has 1 heterocycles. The molecule has 1 aromatic heterocycles. The highest BCUT2D eigenvalue weighted by Gasteiger charge is 2.37. The van der Waals surface area contributed by atoms with Gasteiger partial charge in [-0.3, -0.25) is 9.48 Å². The predicted octanol–water partition coefficient (Wildman–Crippen LogP) is 2.38. The number of carbonyl (C=O) groups is 1. The van der Waals surface area contributed by atoms with Crippen molar-refractivity contribution in [1.29, 1.82) is 0 Å². The first-order valence-electron chi connectivity index (χ1n) is 7.26. The number of aliphatic hydroxyl groups is 1. The lowest BCUT2D eigenvalue weighted by Crippen LogP contribution is -2.41. The van der Waals surface area contributed by atoms with E-state index in [0.717, 1.165) is 35.9 Å². The van der Waals surface area contributed by atoms with Crippen molar-refractivity contribution in [2.75, 3.05) is 0 Å². The Bertz CT molecular complexity index is 639. The Kier molecular flexibility index (Phi) is 3.34. The topological polar surface area (TPSA) is 55.1 Å². The van der Waals surface area contributed by atoms with E-state index in [1.165, 1.54) is 0 Å². The largest absolute Gasteiger partial charge is 0.382 e. The van der Waals surface area contributed by atoms with Crippen molar-refractivity contribution < 1.29 is 9.90 Å². The fourth-order valence-electron chi connectivity index (χ4n) is 3.15. The average Bonchev–Trinajstić information content (AvgIpc) is 2.77. The van der Waals surface area contributed by atoms with Crippen LogP contribution in [0.4, 0.5) is 0 Å². The molecule has 1 saturated carbocycles. The van der Waals surface area contributed by atoms with Crippen molar-refractivity contribution in [3.05, 3.63) is 30.0 Å². The van der Waals surface area contributed by atoms with E-state index in [-0.39, 0.29) is 12.2 Å². The number of benzene rings is 1. The van der Waals surface area contributed by atoms with Crippen LogP contribution in [0.5, 0.6) is 0 Å². The number of carbonyl (C=O) groups excluding carboxylic acids is 1. The molecule has 1 aliphatic carbocycles. The maximum atomic E-state index is 12.4.